The van der Waals surface area contributed by atoms with Gasteiger partial charge in [0.1, 0.15) is 5.82 Å². The van der Waals surface area contributed by atoms with Crippen LogP contribution in [0.15, 0.2) is 18.2 Å². The number of hydrogen-bond acceptors (Lipinski definition) is 7. The molecule has 0 radical (unpaired) electrons. The Morgan fingerprint density at radius 2 is 2.06 bits per heavy atom. The fraction of sp³-hybridized carbons (Fsp3) is 0.450. The average Bonchev–Trinajstić information content (AvgIpc) is 3.35. The maximum atomic E-state index is 13.3. The Hall–Kier alpha value is -2.07. The Morgan fingerprint density at radius 1 is 1.23 bits per heavy atom. The molecule has 1 aromatic carbocycles. The molecule has 0 spiro atoms. The number of benzene rings is 1. The third kappa shape index (κ3) is 3.95. The van der Waals surface area contributed by atoms with Crippen molar-refractivity contribution in [3.8, 4) is 10.8 Å². The average molecular weight is 479 g/mol. The molecule has 0 bridgehead atoms. The van der Waals surface area contributed by atoms with Crippen LogP contribution >= 0.6 is 34.7 Å². The number of amides is 1. The van der Waals surface area contributed by atoms with Gasteiger partial charge < -0.3 is 14.2 Å². The second-order valence-corrected chi connectivity index (χ2v) is 9.26. The van der Waals surface area contributed by atoms with E-state index in [1.54, 1.807) is 25.3 Å². The maximum absolute atomic E-state index is 13.3. The first kappa shape index (κ1) is 20.8. The minimum absolute atomic E-state index is 0.123. The number of nitrogens with zero attached hydrogens (tertiary/aromatic N) is 6. The third-order valence-corrected chi connectivity index (χ3v) is 7.08. The van der Waals surface area contributed by atoms with Crippen molar-refractivity contribution in [2.45, 2.75) is 37.8 Å². The van der Waals surface area contributed by atoms with Crippen LogP contribution < -0.4 is 0 Å². The Bertz CT molecular complexity index is 1130. The minimum atomic E-state index is -0.271. The maximum Gasteiger partial charge on any atom is 0.254 e. The first-order chi connectivity index (χ1) is 15.1. The summed E-state index contributed by atoms with van der Waals surface area (Å²) in [7, 11) is 1.64. The van der Waals surface area contributed by atoms with Gasteiger partial charge in [-0.05, 0) is 49.0 Å². The van der Waals surface area contributed by atoms with Crippen LogP contribution in [-0.2, 0) is 11.3 Å². The molecule has 5 rings (SSSR count). The lowest BCUT2D eigenvalue weighted by atomic mass is 10.1. The highest BCUT2D eigenvalue weighted by atomic mass is 35.5. The zero-order valence-electron chi connectivity index (χ0n) is 16.8. The molecule has 31 heavy (non-hydrogen) atoms. The van der Waals surface area contributed by atoms with Gasteiger partial charge in [-0.1, -0.05) is 23.2 Å². The molecule has 0 saturated heterocycles. The van der Waals surface area contributed by atoms with Gasteiger partial charge in [0.05, 0.1) is 16.1 Å². The van der Waals surface area contributed by atoms with Crippen molar-refractivity contribution < 1.29 is 9.53 Å². The Morgan fingerprint density at radius 3 is 2.81 bits per heavy atom. The second-order valence-electron chi connectivity index (χ2n) is 7.69. The highest BCUT2D eigenvalue weighted by molar-refractivity contribution is 7.09. The first-order valence-electron chi connectivity index (χ1n) is 10.1. The molecule has 2 aliphatic rings. The van der Waals surface area contributed by atoms with E-state index in [4.69, 9.17) is 27.9 Å². The summed E-state index contributed by atoms with van der Waals surface area (Å²) in [5.74, 6) is 2.71. The molecule has 1 aliphatic heterocycles. The summed E-state index contributed by atoms with van der Waals surface area (Å²) in [6.45, 7) is 1.58. The first-order valence-corrected chi connectivity index (χ1v) is 11.6. The number of aromatic nitrogens is 5. The largest absolute Gasteiger partial charge is 0.385 e. The summed E-state index contributed by atoms with van der Waals surface area (Å²) in [6.07, 6.45) is 2.91. The standard InChI is InChI=1S/C20H20Cl2N6O2S/c1-30-9-6-15-17-24-25-18(19-23-16(26-31-19)11-2-3-11)28(17)8-7-27(15)20(29)12-4-5-13(21)14(22)10-12/h4-5,10-11,15H,2-3,6-9H2,1H3. The van der Waals surface area contributed by atoms with E-state index in [1.165, 1.54) is 11.5 Å². The highest BCUT2D eigenvalue weighted by Crippen LogP contribution is 2.40. The van der Waals surface area contributed by atoms with Crippen LogP contribution in [0.25, 0.3) is 10.8 Å². The summed E-state index contributed by atoms with van der Waals surface area (Å²) >= 11 is 13.5. The molecule has 2 aromatic heterocycles. The van der Waals surface area contributed by atoms with Crippen LogP contribution in [0.1, 0.15) is 53.2 Å². The number of halogens is 2. The fourth-order valence-corrected chi connectivity index (χ4v) is 4.86. The lowest BCUT2D eigenvalue weighted by Crippen LogP contribution is -2.43. The van der Waals surface area contributed by atoms with Crippen molar-refractivity contribution in [3.63, 3.8) is 0 Å². The molecule has 3 heterocycles. The molecule has 3 aromatic rings. The van der Waals surface area contributed by atoms with Crippen LogP contribution in [-0.4, -0.2) is 55.2 Å². The van der Waals surface area contributed by atoms with Gasteiger partial charge in [0.15, 0.2) is 16.7 Å². The molecule has 1 atom stereocenters. The molecule has 8 nitrogen and oxygen atoms in total. The van der Waals surface area contributed by atoms with Gasteiger partial charge in [-0.15, -0.1) is 10.2 Å². The van der Waals surface area contributed by atoms with Crippen LogP contribution in [0.2, 0.25) is 10.0 Å². The molecule has 1 unspecified atom stereocenters. The van der Waals surface area contributed by atoms with E-state index >= 15 is 0 Å². The van der Waals surface area contributed by atoms with E-state index < -0.39 is 0 Å². The summed E-state index contributed by atoms with van der Waals surface area (Å²) in [6, 6.07) is 4.66. The van der Waals surface area contributed by atoms with E-state index in [0.717, 1.165) is 29.5 Å². The van der Waals surface area contributed by atoms with Gasteiger partial charge in [-0.2, -0.15) is 4.37 Å². The third-order valence-electron chi connectivity index (χ3n) is 5.62. The fourth-order valence-electron chi connectivity index (χ4n) is 3.83. The normalized spacial score (nSPS) is 18.3. The number of fused-ring (bicyclic) bond motifs is 1. The quantitative estimate of drug-likeness (QED) is 0.527. The molecule has 1 saturated carbocycles. The van der Waals surface area contributed by atoms with Crippen LogP contribution in [0.4, 0.5) is 0 Å². The predicted molar refractivity (Wildman–Crippen MR) is 118 cm³/mol. The molecular weight excluding hydrogens is 459 g/mol. The Kier molecular flexibility index (Phi) is 5.68. The summed E-state index contributed by atoms with van der Waals surface area (Å²) in [4.78, 5) is 19.8. The van der Waals surface area contributed by atoms with E-state index in [9.17, 15) is 4.79 Å². The van der Waals surface area contributed by atoms with Crippen molar-refractivity contribution in [2.75, 3.05) is 20.3 Å². The smallest absolute Gasteiger partial charge is 0.254 e. The van der Waals surface area contributed by atoms with Gasteiger partial charge >= 0.3 is 0 Å². The summed E-state index contributed by atoms with van der Waals surface area (Å²) < 4.78 is 11.8. The Labute approximate surface area is 193 Å². The lowest BCUT2D eigenvalue weighted by molar-refractivity contribution is 0.0557. The second kappa shape index (κ2) is 8.46. The molecule has 1 amide bonds. The van der Waals surface area contributed by atoms with E-state index in [2.05, 4.69) is 24.1 Å². The molecule has 11 heteroatoms. The van der Waals surface area contributed by atoms with Gasteiger partial charge in [-0.25, -0.2) is 4.98 Å². The zero-order valence-corrected chi connectivity index (χ0v) is 19.1. The molecular formula is C20H20Cl2N6O2S. The molecule has 0 N–H and O–H groups in total. The summed E-state index contributed by atoms with van der Waals surface area (Å²) in [5, 5.41) is 10.4. The number of carbonyl (C=O) groups is 1. The van der Waals surface area contributed by atoms with Crippen molar-refractivity contribution >= 4 is 40.6 Å². The number of hydrogen-bond donors (Lipinski definition) is 0. The monoisotopic (exact) mass is 478 g/mol. The zero-order chi connectivity index (χ0) is 21.5. The van der Waals surface area contributed by atoms with E-state index in [0.29, 0.717) is 53.5 Å². The minimum Gasteiger partial charge on any atom is -0.385 e. The van der Waals surface area contributed by atoms with Crippen LogP contribution in [0, 0.1) is 0 Å². The number of rotatable bonds is 6. The number of ether oxygens (including phenoxy) is 1. The molecule has 1 aliphatic carbocycles. The van der Waals surface area contributed by atoms with Gasteiger partial charge in [0.2, 0.25) is 0 Å². The van der Waals surface area contributed by atoms with Crippen molar-refractivity contribution in [1.29, 1.82) is 0 Å². The predicted octanol–water partition coefficient (Wildman–Crippen LogP) is 4.21. The number of methoxy groups -OCH3 is 1. The van der Waals surface area contributed by atoms with Gasteiger partial charge in [-0.3, -0.25) is 4.79 Å². The van der Waals surface area contributed by atoms with Crippen LogP contribution in [0.5, 0.6) is 0 Å². The molecule has 1 fully saturated rings. The topological polar surface area (TPSA) is 86.0 Å². The number of carbonyl (C=O) groups excluding carboxylic acids is 1. The molecule has 162 valence electrons. The van der Waals surface area contributed by atoms with Crippen molar-refractivity contribution in [3.05, 3.63) is 45.5 Å². The van der Waals surface area contributed by atoms with Gasteiger partial charge in [0.25, 0.3) is 5.91 Å². The van der Waals surface area contributed by atoms with Crippen molar-refractivity contribution in [1.82, 2.24) is 29.0 Å². The summed E-state index contributed by atoms with van der Waals surface area (Å²) in [5.41, 5.74) is 0.489. The van der Waals surface area contributed by atoms with E-state index in [-0.39, 0.29) is 11.9 Å². The highest BCUT2D eigenvalue weighted by Gasteiger charge is 2.36. The lowest BCUT2D eigenvalue weighted by Gasteiger charge is -2.35. The Balaban J connectivity index is 1.46. The SMILES string of the molecule is COCCC1c2nnc(-c3nc(C4CC4)ns3)n2CCN1C(=O)c1ccc(Cl)c(Cl)c1. The van der Waals surface area contributed by atoms with Crippen molar-refractivity contribution in [2.24, 2.45) is 0 Å². The van der Waals surface area contributed by atoms with E-state index in [1.807, 2.05) is 4.90 Å². The van der Waals surface area contributed by atoms with Gasteiger partial charge in [0, 0.05) is 38.3 Å². The van der Waals surface area contributed by atoms with Crippen LogP contribution in [0.3, 0.4) is 0 Å².